The third-order valence-electron chi connectivity index (χ3n) is 1.97. The molecule has 0 saturated carbocycles. The predicted octanol–water partition coefficient (Wildman–Crippen LogP) is -1.20. The van der Waals surface area contributed by atoms with E-state index in [4.69, 9.17) is 10.2 Å². The van der Waals surface area contributed by atoms with Crippen LogP contribution in [0.5, 0.6) is 0 Å². The van der Waals surface area contributed by atoms with Crippen LogP contribution in [0.1, 0.15) is 0 Å². The molecule has 0 aromatic heterocycles. The Morgan fingerprint density at radius 1 is 1.25 bits per heavy atom. The van der Waals surface area contributed by atoms with Crippen LogP contribution in [0, 0.1) is 0 Å². The average Bonchev–Trinajstić information content (AvgIpc) is 2.15. The van der Waals surface area contributed by atoms with Crippen LogP contribution in [0.2, 0.25) is 0 Å². The summed E-state index contributed by atoms with van der Waals surface area (Å²) in [5, 5.41) is 19.6. The number of hydrogen-bond acceptors (Lipinski definition) is 6. The van der Waals surface area contributed by atoms with Crippen molar-refractivity contribution < 1.29 is 24.6 Å². The van der Waals surface area contributed by atoms with Gasteiger partial charge in [0.1, 0.15) is 6.54 Å². The monoisotopic (exact) mass is 250 g/mol. The van der Waals surface area contributed by atoms with Crippen molar-refractivity contribution in [2.45, 2.75) is 6.04 Å². The molecular weight excluding hydrogens is 236 g/mol. The highest BCUT2D eigenvalue weighted by molar-refractivity contribution is 7.81. The number of carbonyl (C=O) groups is 3. The number of thiol groups is 1. The van der Waals surface area contributed by atoms with E-state index < -0.39 is 23.8 Å². The second-order valence-corrected chi connectivity index (χ2v) is 3.46. The molecule has 0 aromatic rings. The Balaban J connectivity index is 4.73. The molecule has 16 heavy (non-hydrogen) atoms. The lowest BCUT2D eigenvalue weighted by atomic mass is 10.2. The molecule has 0 spiro atoms. The zero-order chi connectivity index (χ0) is 12.9. The first-order chi connectivity index (χ1) is 7.31. The van der Waals surface area contributed by atoms with E-state index in [0.29, 0.717) is 0 Å². The Labute approximate surface area is 98.0 Å². The molecule has 0 aliphatic carbocycles. The number of ketones is 1. The van der Waals surface area contributed by atoms with Crippen LogP contribution >= 0.6 is 12.6 Å². The Hall–Kier alpha value is -1.12. The second kappa shape index (κ2) is 6.46. The van der Waals surface area contributed by atoms with E-state index in [1.165, 1.54) is 14.1 Å². The summed E-state index contributed by atoms with van der Waals surface area (Å²) < 4.78 is 0. The van der Waals surface area contributed by atoms with Gasteiger partial charge in [-0.3, -0.25) is 9.59 Å². The molecular formula is C8H14N2O5S. The van der Waals surface area contributed by atoms with E-state index in [-0.39, 0.29) is 12.3 Å². The number of hydrogen-bond donors (Lipinski definition) is 3. The van der Waals surface area contributed by atoms with Crippen molar-refractivity contribution >= 4 is 30.4 Å². The Kier molecular flexibility index (Phi) is 6.01. The summed E-state index contributed by atoms with van der Waals surface area (Å²) in [5.41, 5.74) is 0. The Bertz CT molecular complexity index is 296. The molecule has 0 radical (unpaired) electrons. The van der Waals surface area contributed by atoms with Gasteiger partial charge in [0.15, 0.2) is 11.8 Å². The van der Waals surface area contributed by atoms with Crippen molar-refractivity contribution in [1.29, 1.82) is 0 Å². The maximum absolute atomic E-state index is 11.3. The number of likely N-dealkylation sites (N-methyl/N-ethyl adjacent to an activating group) is 2. The summed E-state index contributed by atoms with van der Waals surface area (Å²) in [4.78, 5) is 32.6. The standard InChI is InChI=1S/C8H14N2O5S/c1-9(3-6(12)13)10(2)7(8(14)15)5(11)4-16/h7,16H,3-4H2,1-2H3,(H,12,13)(H,14,15)/t7-/m0/s1. The summed E-state index contributed by atoms with van der Waals surface area (Å²) in [6.07, 6.45) is 0. The van der Waals surface area contributed by atoms with Crippen LogP contribution in [0.4, 0.5) is 0 Å². The van der Waals surface area contributed by atoms with Gasteiger partial charge in [-0.25, -0.2) is 14.8 Å². The van der Waals surface area contributed by atoms with Crippen LogP contribution in [0.15, 0.2) is 0 Å². The molecule has 1 atom stereocenters. The van der Waals surface area contributed by atoms with Crippen molar-refractivity contribution in [2.24, 2.45) is 0 Å². The van der Waals surface area contributed by atoms with E-state index in [2.05, 4.69) is 12.6 Å². The smallest absolute Gasteiger partial charge is 0.330 e. The van der Waals surface area contributed by atoms with Crippen molar-refractivity contribution in [3.05, 3.63) is 0 Å². The molecule has 0 bridgehead atoms. The van der Waals surface area contributed by atoms with Gasteiger partial charge >= 0.3 is 11.9 Å². The molecule has 0 aromatic carbocycles. The lowest BCUT2D eigenvalue weighted by molar-refractivity contribution is -0.159. The van der Waals surface area contributed by atoms with Crippen LogP contribution < -0.4 is 0 Å². The molecule has 0 unspecified atom stereocenters. The number of rotatable bonds is 7. The van der Waals surface area contributed by atoms with Crippen LogP contribution in [0.3, 0.4) is 0 Å². The minimum atomic E-state index is -1.41. The van der Waals surface area contributed by atoms with Gasteiger partial charge in [0.25, 0.3) is 0 Å². The minimum Gasteiger partial charge on any atom is -0.480 e. The SMILES string of the molecule is CN(CC(=O)O)N(C)[C@H](C(=O)O)C(=O)CS. The lowest BCUT2D eigenvalue weighted by Gasteiger charge is -2.30. The fourth-order valence-corrected chi connectivity index (χ4v) is 1.27. The minimum absolute atomic E-state index is 0.220. The van der Waals surface area contributed by atoms with Gasteiger partial charge in [0.2, 0.25) is 0 Å². The number of Topliss-reactive ketones (excluding diaryl/α,β-unsaturated/α-hetero) is 1. The maximum atomic E-state index is 11.3. The zero-order valence-corrected chi connectivity index (χ0v) is 9.85. The Morgan fingerprint density at radius 3 is 2.06 bits per heavy atom. The van der Waals surface area contributed by atoms with Gasteiger partial charge in [-0.2, -0.15) is 12.6 Å². The van der Waals surface area contributed by atoms with Crippen LogP contribution in [0.25, 0.3) is 0 Å². The summed E-state index contributed by atoms with van der Waals surface area (Å²) in [5.74, 6) is -3.27. The summed E-state index contributed by atoms with van der Waals surface area (Å²) >= 11 is 3.71. The lowest BCUT2D eigenvalue weighted by Crippen LogP contribution is -2.53. The van der Waals surface area contributed by atoms with E-state index in [1.54, 1.807) is 0 Å². The molecule has 0 saturated heterocycles. The van der Waals surface area contributed by atoms with Gasteiger partial charge < -0.3 is 10.2 Å². The van der Waals surface area contributed by atoms with Crippen molar-refractivity contribution in [3.8, 4) is 0 Å². The molecule has 0 rings (SSSR count). The van der Waals surface area contributed by atoms with Crippen LogP contribution in [-0.2, 0) is 14.4 Å². The summed E-state index contributed by atoms with van der Waals surface area (Å²) in [7, 11) is 2.72. The van der Waals surface area contributed by atoms with Gasteiger partial charge in [-0.15, -0.1) is 0 Å². The fraction of sp³-hybridized carbons (Fsp3) is 0.625. The molecule has 8 heteroatoms. The van der Waals surface area contributed by atoms with Crippen molar-refractivity contribution in [2.75, 3.05) is 26.4 Å². The highest BCUT2D eigenvalue weighted by Crippen LogP contribution is 2.03. The van der Waals surface area contributed by atoms with Crippen LogP contribution in [-0.4, -0.2) is 70.4 Å². The van der Waals surface area contributed by atoms with Gasteiger partial charge in [0, 0.05) is 14.1 Å². The zero-order valence-electron chi connectivity index (χ0n) is 8.95. The van der Waals surface area contributed by atoms with E-state index >= 15 is 0 Å². The largest absolute Gasteiger partial charge is 0.480 e. The maximum Gasteiger partial charge on any atom is 0.330 e. The second-order valence-electron chi connectivity index (χ2n) is 3.15. The quantitative estimate of drug-likeness (QED) is 0.296. The first kappa shape index (κ1) is 14.9. The molecule has 0 fully saturated rings. The highest BCUT2D eigenvalue weighted by Gasteiger charge is 2.32. The number of nitrogens with zero attached hydrogens (tertiary/aromatic N) is 2. The van der Waals surface area contributed by atoms with E-state index in [0.717, 1.165) is 10.0 Å². The predicted molar refractivity (Wildman–Crippen MR) is 58.3 cm³/mol. The first-order valence-corrected chi connectivity index (χ1v) is 4.96. The van der Waals surface area contributed by atoms with Gasteiger partial charge in [0.05, 0.1) is 5.75 Å². The summed E-state index contributed by atoms with van der Waals surface area (Å²) in [6, 6.07) is -1.41. The third kappa shape index (κ3) is 4.17. The fourth-order valence-electron chi connectivity index (χ4n) is 1.10. The number of aliphatic carboxylic acids is 2. The Morgan fingerprint density at radius 2 is 1.75 bits per heavy atom. The molecule has 0 aliphatic heterocycles. The molecule has 7 nitrogen and oxygen atoms in total. The number of carboxylic acids is 2. The molecule has 0 amide bonds. The normalized spacial score (nSPS) is 12.8. The topological polar surface area (TPSA) is 98.2 Å². The molecule has 0 aliphatic rings. The van der Waals surface area contributed by atoms with E-state index in [9.17, 15) is 14.4 Å². The molecule has 0 heterocycles. The summed E-state index contributed by atoms with van der Waals surface area (Å²) in [6.45, 7) is -0.389. The third-order valence-corrected chi connectivity index (χ3v) is 2.28. The molecule has 92 valence electrons. The highest BCUT2D eigenvalue weighted by atomic mass is 32.1. The number of carbonyl (C=O) groups excluding carboxylic acids is 1. The average molecular weight is 250 g/mol. The number of carboxylic acid groups (broad SMARTS) is 2. The first-order valence-electron chi connectivity index (χ1n) is 4.33. The van der Waals surface area contributed by atoms with Gasteiger partial charge in [-0.05, 0) is 0 Å². The van der Waals surface area contributed by atoms with Crippen molar-refractivity contribution in [3.63, 3.8) is 0 Å². The van der Waals surface area contributed by atoms with E-state index in [1.807, 2.05) is 0 Å². The van der Waals surface area contributed by atoms with Gasteiger partial charge in [-0.1, -0.05) is 0 Å². The molecule has 2 N–H and O–H groups in total. The number of hydrazine groups is 1. The van der Waals surface area contributed by atoms with Crippen molar-refractivity contribution in [1.82, 2.24) is 10.0 Å².